The number of carboxylic acids is 1. The third kappa shape index (κ3) is 4.23. The van der Waals surface area contributed by atoms with E-state index in [9.17, 15) is 9.59 Å². The number of nitrogens with zero attached hydrogens (tertiary/aromatic N) is 1. The Morgan fingerprint density at radius 3 is 2.65 bits per heavy atom. The minimum atomic E-state index is -1.08. The maximum atomic E-state index is 12.1. The smallest absolute Gasteiger partial charge is 0.337 e. The molecular formula is C14H19BrN2O3. The maximum Gasteiger partial charge on any atom is 0.337 e. The minimum absolute atomic E-state index is 0.0595. The first-order chi connectivity index (χ1) is 9.36. The van der Waals surface area contributed by atoms with Crippen molar-refractivity contribution in [3.05, 3.63) is 28.2 Å². The highest BCUT2D eigenvalue weighted by atomic mass is 79.9. The third-order valence-electron chi connectivity index (χ3n) is 3.14. The van der Waals surface area contributed by atoms with Gasteiger partial charge in [0.1, 0.15) is 0 Å². The van der Waals surface area contributed by atoms with Crippen LogP contribution in [0.5, 0.6) is 0 Å². The second-order valence-corrected chi connectivity index (χ2v) is 5.59. The van der Waals surface area contributed by atoms with Crippen molar-refractivity contribution in [1.82, 2.24) is 4.90 Å². The van der Waals surface area contributed by atoms with Crippen LogP contribution in [0.25, 0.3) is 0 Å². The molecule has 1 unspecified atom stereocenters. The number of hydrogen-bond acceptors (Lipinski definition) is 2. The summed E-state index contributed by atoms with van der Waals surface area (Å²) in [6, 6.07) is 4.52. The fraction of sp³-hybridized carbons (Fsp3) is 0.429. The SMILES string of the molecule is CCCC(C)N(C)C(=O)Nc1ccc(Br)cc1C(=O)O. The van der Waals surface area contributed by atoms with Crippen LogP contribution in [0, 0.1) is 0 Å². The molecule has 0 aliphatic rings. The van der Waals surface area contributed by atoms with Gasteiger partial charge in [0.25, 0.3) is 0 Å². The predicted octanol–water partition coefficient (Wildman–Crippen LogP) is 3.80. The zero-order valence-corrected chi connectivity index (χ0v) is 13.4. The first-order valence-corrected chi connectivity index (χ1v) is 7.22. The van der Waals surface area contributed by atoms with E-state index in [0.29, 0.717) is 10.2 Å². The number of amides is 2. The molecule has 0 heterocycles. The quantitative estimate of drug-likeness (QED) is 0.854. The van der Waals surface area contributed by atoms with E-state index in [4.69, 9.17) is 5.11 Å². The Hall–Kier alpha value is -1.56. The number of aromatic carboxylic acids is 1. The molecule has 2 amide bonds. The van der Waals surface area contributed by atoms with Crippen LogP contribution in [0.4, 0.5) is 10.5 Å². The molecule has 2 N–H and O–H groups in total. The van der Waals surface area contributed by atoms with Gasteiger partial charge < -0.3 is 15.3 Å². The molecule has 1 aromatic carbocycles. The van der Waals surface area contributed by atoms with Crippen LogP contribution in [-0.4, -0.2) is 35.1 Å². The highest BCUT2D eigenvalue weighted by Crippen LogP contribution is 2.21. The Labute approximate surface area is 127 Å². The number of nitrogens with one attached hydrogen (secondary N) is 1. The molecule has 1 atom stereocenters. The molecular weight excluding hydrogens is 324 g/mol. The summed E-state index contributed by atoms with van der Waals surface area (Å²) in [5.41, 5.74) is 0.352. The van der Waals surface area contributed by atoms with Gasteiger partial charge in [0.15, 0.2) is 0 Å². The average Bonchev–Trinajstić information content (AvgIpc) is 2.39. The number of rotatable bonds is 5. The van der Waals surface area contributed by atoms with Crippen LogP contribution in [0.1, 0.15) is 37.0 Å². The molecule has 0 bridgehead atoms. The summed E-state index contributed by atoms with van der Waals surface area (Å²) in [7, 11) is 1.70. The second-order valence-electron chi connectivity index (χ2n) is 4.67. The normalized spacial score (nSPS) is 11.8. The van der Waals surface area contributed by atoms with Gasteiger partial charge in [-0.25, -0.2) is 9.59 Å². The van der Waals surface area contributed by atoms with Crippen molar-refractivity contribution in [2.24, 2.45) is 0 Å². The van der Waals surface area contributed by atoms with Crippen molar-refractivity contribution in [1.29, 1.82) is 0 Å². The van der Waals surface area contributed by atoms with Gasteiger partial charge in [-0.2, -0.15) is 0 Å². The topological polar surface area (TPSA) is 69.6 Å². The first-order valence-electron chi connectivity index (χ1n) is 6.43. The van der Waals surface area contributed by atoms with Crippen LogP contribution in [0.2, 0.25) is 0 Å². The zero-order valence-electron chi connectivity index (χ0n) is 11.8. The second kappa shape index (κ2) is 7.28. The molecule has 0 fully saturated rings. The highest BCUT2D eigenvalue weighted by molar-refractivity contribution is 9.10. The Morgan fingerprint density at radius 1 is 1.45 bits per heavy atom. The van der Waals surface area contributed by atoms with E-state index in [2.05, 4.69) is 28.2 Å². The maximum absolute atomic E-state index is 12.1. The molecule has 0 aromatic heterocycles. The van der Waals surface area contributed by atoms with Crippen molar-refractivity contribution in [2.45, 2.75) is 32.7 Å². The largest absolute Gasteiger partial charge is 0.478 e. The summed E-state index contributed by atoms with van der Waals surface area (Å²) in [5, 5.41) is 11.8. The summed E-state index contributed by atoms with van der Waals surface area (Å²) >= 11 is 3.22. The number of urea groups is 1. The van der Waals surface area contributed by atoms with Crippen molar-refractivity contribution in [2.75, 3.05) is 12.4 Å². The van der Waals surface area contributed by atoms with Crippen LogP contribution in [0.15, 0.2) is 22.7 Å². The van der Waals surface area contributed by atoms with Crippen molar-refractivity contribution in [3.8, 4) is 0 Å². The molecule has 0 saturated heterocycles. The lowest BCUT2D eigenvalue weighted by Crippen LogP contribution is -2.38. The Bertz CT molecular complexity index is 505. The average molecular weight is 343 g/mol. The molecule has 1 aromatic rings. The predicted molar refractivity (Wildman–Crippen MR) is 82.3 cm³/mol. The lowest BCUT2D eigenvalue weighted by atomic mass is 10.1. The number of carboxylic acid groups (broad SMARTS) is 1. The van der Waals surface area contributed by atoms with Crippen LogP contribution < -0.4 is 5.32 Å². The fourth-order valence-corrected chi connectivity index (χ4v) is 2.18. The van der Waals surface area contributed by atoms with E-state index < -0.39 is 5.97 Å². The van der Waals surface area contributed by atoms with Crippen LogP contribution >= 0.6 is 15.9 Å². The summed E-state index contributed by atoms with van der Waals surface area (Å²) in [6.45, 7) is 4.02. The Balaban J connectivity index is 2.88. The number of carbonyl (C=O) groups excluding carboxylic acids is 1. The molecule has 0 spiro atoms. The Morgan fingerprint density at radius 2 is 2.10 bits per heavy atom. The molecule has 0 aliphatic carbocycles. The summed E-state index contributed by atoms with van der Waals surface area (Å²) in [4.78, 5) is 24.9. The number of benzene rings is 1. The molecule has 1 rings (SSSR count). The molecule has 0 radical (unpaired) electrons. The van der Waals surface area contributed by atoms with Gasteiger partial charge in [-0.05, 0) is 31.5 Å². The van der Waals surface area contributed by atoms with Gasteiger partial charge in [-0.1, -0.05) is 29.3 Å². The third-order valence-corrected chi connectivity index (χ3v) is 3.63. The summed E-state index contributed by atoms with van der Waals surface area (Å²) < 4.78 is 0.653. The van der Waals surface area contributed by atoms with Gasteiger partial charge in [0.2, 0.25) is 0 Å². The van der Waals surface area contributed by atoms with E-state index in [1.165, 1.54) is 6.07 Å². The minimum Gasteiger partial charge on any atom is -0.478 e. The number of hydrogen-bond donors (Lipinski definition) is 2. The van der Waals surface area contributed by atoms with E-state index in [1.807, 2.05) is 6.92 Å². The van der Waals surface area contributed by atoms with E-state index >= 15 is 0 Å². The summed E-state index contributed by atoms with van der Waals surface area (Å²) in [6.07, 6.45) is 1.88. The van der Waals surface area contributed by atoms with E-state index in [-0.39, 0.29) is 17.6 Å². The van der Waals surface area contributed by atoms with E-state index in [1.54, 1.807) is 24.1 Å². The number of carbonyl (C=O) groups is 2. The molecule has 6 heteroatoms. The highest BCUT2D eigenvalue weighted by Gasteiger charge is 2.18. The van der Waals surface area contributed by atoms with Gasteiger partial charge in [0, 0.05) is 17.6 Å². The number of halogens is 1. The monoisotopic (exact) mass is 342 g/mol. The molecule has 0 aliphatic heterocycles. The van der Waals surface area contributed by atoms with Crippen molar-refractivity contribution < 1.29 is 14.7 Å². The standard InChI is InChI=1S/C14H19BrN2O3/c1-4-5-9(2)17(3)14(20)16-12-7-6-10(15)8-11(12)13(18)19/h6-9H,4-5H2,1-3H3,(H,16,20)(H,18,19). The first kappa shape index (κ1) is 16.5. The molecule has 0 saturated carbocycles. The van der Waals surface area contributed by atoms with Gasteiger partial charge in [0.05, 0.1) is 11.3 Å². The van der Waals surface area contributed by atoms with Crippen molar-refractivity contribution in [3.63, 3.8) is 0 Å². The molecule has 20 heavy (non-hydrogen) atoms. The Kier molecular flexibility index (Phi) is 6.01. The van der Waals surface area contributed by atoms with Crippen LogP contribution in [0.3, 0.4) is 0 Å². The van der Waals surface area contributed by atoms with Gasteiger partial charge in [-0.15, -0.1) is 0 Å². The fourth-order valence-electron chi connectivity index (χ4n) is 1.82. The van der Waals surface area contributed by atoms with Gasteiger partial charge in [-0.3, -0.25) is 0 Å². The number of anilines is 1. The van der Waals surface area contributed by atoms with E-state index in [0.717, 1.165) is 12.8 Å². The summed E-state index contributed by atoms with van der Waals surface area (Å²) in [5.74, 6) is -1.08. The molecule has 5 nitrogen and oxygen atoms in total. The zero-order chi connectivity index (χ0) is 15.3. The van der Waals surface area contributed by atoms with Gasteiger partial charge >= 0.3 is 12.0 Å². The van der Waals surface area contributed by atoms with Crippen molar-refractivity contribution >= 4 is 33.6 Å². The molecule has 110 valence electrons. The lowest BCUT2D eigenvalue weighted by Gasteiger charge is -2.25. The lowest BCUT2D eigenvalue weighted by molar-refractivity contribution is 0.0698. The van der Waals surface area contributed by atoms with Crippen LogP contribution in [-0.2, 0) is 0 Å².